The summed E-state index contributed by atoms with van der Waals surface area (Å²) in [6.07, 6.45) is 3.21. The summed E-state index contributed by atoms with van der Waals surface area (Å²) in [4.78, 5) is 0. The summed E-state index contributed by atoms with van der Waals surface area (Å²) < 4.78 is 0. The molecule has 3 N–H and O–H groups in total. The largest absolute Gasteiger partial charge is 0.507 e. The van der Waals surface area contributed by atoms with Gasteiger partial charge in [-0.05, 0) is 30.0 Å². The Bertz CT molecular complexity index is 520. The van der Waals surface area contributed by atoms with Crippen LogP contribution in [0.4, 0.5) is 5.69 Å². The van der Waals surface area contributed by atoms with E-state index in [4.69, 9.17) is 5.73 Å². The summed E-state index contributed by atoms with van der Waals surface area (Å²) in [6.45, 7) is 2.16. The molecule has 2 nitrogen and oxygen atoms in total. The first-order valence-corrected chi connectivity index (χ1v) is 6.39. The fourth-order valence-corrected chi connectivity index (χ4v) is 2.14. The molecule has 0 aliphatic carbocycles. The van der Waals surface area contributed by atoms with Crippen LogP contribution in [0.15, 0.2) is 42.5 Å². The highest BCUT2D eigenvalue weighted by atomic mass is 16.3. The van der Waals surface area contributed by atoms with E-state index in [1.807, 2.05) is 36.4 Å². The van der Waals surface area contributed by atoms with Crippen molar-refractivity contribution < 1.29 is 5.11 Å². The Hall–Kier alpha value is -1.96. The minimum atomic E-state index is 0.249. The average Bonchev–Trinajstić information content (AvgIpc) is 2.39. The third-order valence-electron chi connectivity index (χ3n) is 3.18. The van der Waals surface area contributed by atoms with Crippen LogP contribution in [-0.2, 0) is 6.42 Å². The number of phenols is 1. The van der Waals surface area contributed by atoms with Gasteiger partial charge in [-0.2, -0.15) is 0 Å². The molecule has 0 atom stereocenters. The van der Waals surface area contributed by atoms with Crippen molar-refractivity contribution in [1.29, 1.82) is 0 Å². The van der Waals surface area contributed by atoms with E-state index in [0.29, 0.717) is 5.69 Å². The van der Waals surface area contributed by atoms with Crippen LogP contribution < -0.4 is 5.73 Å². The molecule has 2 aromatic carbocycles. The smallest absolute Gasteiger partial charge is 0.125 e. The molecular formula is C16H19NO. The Morgan fingerprint density at radius 1 is 1.06 bits per heavy atom. The molecule has 94 valence electrons. The SMILES string of the molecule is CCCCc1ccc(O)c(-c2ccccc2)c1N. The molecule has 0 amide bonds. The number of aryl methyl sites for hydroxylation is 1. The molecule has 0 spiro atoms. The number of hydrogen-bond donors (Lipinski definition) is 2. The van der Waals surface area contributed by atoms with Crippen molar-refractivity contribution in [3.8, 4) is 16.9 Å². The lowest BCUT2D eigenvalue weighted by Crippen LogP contribution is -1.98. The molecule has 0 saturated heterocycles. The van der Waals surface area contributed by atoms with Crippen LogP contribution in [0.5, 0.6) is 5.75 Å². The Labute approximate surface area is 108 Å². The zero-order chi connectivity index (χ0) is 13.0. The van der Waals surface area contributed by atoms with E-state index in [2.05, 4.69) is 6.92 Å². The van der Waals surface area contributed by atoms with E-state index in [-0.39, 0.29) is 5.75 Å². The van der Waals surface area contributed by atoms with Gasteiger partial charge in [-0.3, -0.25) is 0 Å². The molecule has 0 fully saturated rings. The maximum absolute atomic E-state index is 10.0. The Morgan fingerprint density at radius 2 is 1.78 bits per heavy atom. The zero-order valence-corrected chi connectivity index (χ0v) is 10.7. The third kappa shape index (κ3) is 2.48. The standard InChI is InChI=1S/C16H19NO/c1-2-3-7-13-10-11-14(18)15(16(13)17)12-8-5-4-6-9-12/h4-6,8-11,18H,2-3,7,17H2,1H3. The highest BCUT2D eigenvalue weighted by Gasteiger charge is 2.11. The highest BCUT2D eigenvalue weighted by molar-refractivity contribution is 5.83. The molecule has 0 radical (unpaired) electrons. The van der Waals surface area contributed by atoms with Gasteiger partial charge in [0.05, 0.1) is 0 Å². The molecule has 0 aliphatic heterocycles. The fraction of sp³-hybridized carbons (Fsp3) is 0.250. The van der Waals surface area contributed by atoms with Gasteiger partial charge in [0.1, 0.15) is 5.75 Å². The first-order chi connectivity index (χ1) is 8.74. The van der Waals surface area contributed by atoms with Crippen molar-refractivity contribution in [3.63, 3.8) is 0 Å². The summed E-state index contributed by atoms with van der Waals surface area (Å²) in [7, 11) is 0. The number of nitrogen functional groups attached to an aromatic ring is 1. The molecule has 0 aliphatic rings. The van der Waals surface area contributed by atoms with Gasteiger partial charge in [-0.15, -0.1) is 0 Å². The number of phenolic OH excluding ortho intramolecular Hbond substituents is 1. The summed E-state index contributed by atoms with van der Waals surface area (Å²) in [5.41, 5.74) is 9.74. The second-order valence-corrected chi connectivity index (χ2v) is 4.50. The molecule has 0 heterocycles. The average molecular weight is 241 g/mol. The van der Waals surface area contributed by atoms with Crippen molar-refractivity contribution in [1.82, 2.24) is 0 Å². The Balaban J connectivity index is 2.46. The lowest BCUT2D eigenvalue weighted by Gasteiger charge is -2.13. The maximum Gasteiger partial charge on any atom is 0.125 e. The van der Waals surface area contributed by atoms with E-state index in [9.17, 15) is 5.11 Å². The minimum Gasteiger partial charge on any atom is -0.507 e. The lowest BCUT2D eigenvalue weighted by atomic mass is 9.97. The van der Waals surface area contributed by atoms with Gasteiger partial charge in [0.2, 0.25) is 0 Å². The number of nitrogens with two attached hydrogens (primary N) is 1. The first kappa shape index (κ1) is 12.5. The Morgan fingerprint density at radius 3 is 2.44 bits per heavy atom. The van der Waals surface area contributed by atoms with Crippen molar-refractivity contribution in [2.75, 3.05) is 5.73 Å². The van der Waals surface area contributed by atoms with E-state index < -0.39 is 0 Å². The summed E-state index contributed by atoms with van der Waals surface area (Å²) in [6, 6.07) is 13.5. The summed E-state index contributed by atoms with van der Waals surface area (Å²) >= 11 is 0. The Kier molecular flexibility index (Phi) is 3.88. The summed E-state index contributed by atoms with van der Waals surface area (Å²) in [5.74, 6) is 0.249. The topological polar surface area (TPSA) is 46.2 Å². The molecule has 0 unspecified atom stereocenters. The van der Waals surface area contributed by atoms with Crippen LogP contribution in [0, 0.1) is 0 Å². The normalized spacial score (nSPS) is 10.5. The van der Waals surface area contributed by atoms with Crippen molar-refractivity contribution in [2.45, 2.75) is 26.2 Å². The van der Waals surface area contributed by atoms with E-state index in [1.165, 1.54) is 0 Å². The lowest BCUT2D eigenvalue weighted by molar-refractivity contribution is 0.477. The number of benzene rings is 2. The quantitative estimate of drug-likeness (QED) is 0.795. The molecule has 2 rings (SSSR count). The molecule has 2 heteroatoms. The van der Waals surface area contributed by atoms with Crippen molar-refractivity contribution >= 4 is 5.69 Å². The molecule has 18 heavy (non-hydrogen) atoms. The van der Waals surface area contributed by atoms with Crippen molar-refractivity contribution in [3.05, 3.63) is 48.0 Å². The van der Waals surface area contributed by atoms with Gasteiger partial charge in [0.15, 0.2) is 0 Å². The number of aromatic hydroxyl groups is 1. The number of rotatable bonds is 4. The van der Waals surface area contributed by atoms with E-state index >= 15 is 0 Å². The number of anilines is 1. The zero-order valence-electron chi connectivity index (χ0n) is 10.7. The highest BCUT2D eigenvalue weighted by Crippen LogP contribution is 2.36. The monoisotopic (exact) mass is 241 g/mol. The van der Waals surface area contributed by atoms with Crippen LogP contribution in [0.3, 0.4) is 0 Å². The second-order valence-electron chi connectivity index (χ2n) is 4.50. The first-order valence-electron chi connectivity index (χ1n) is 6.39. The van der Waals surface area contributed by atoms with Crippen LogP contribution in [0.25, 0.3) is 11.1 Å². The predicted octanol–water partition coefficient (Wildman–Crippen LogP) is 3.98. The van der Waals surface area contributed by atoms with Gasteiger partial charge in [0, 0.05) is 11.3 Å². The molecule has 0 saturated carbocycles. The predicted molar refractivity (Wildman–Crippen MR) is 76.6 cm³/mol. The molecule has 2 aromatic rings. The third-order valence-corrected chi connectivity index (χ3v) is 3.18. The van der Waals surface area contributed by atoms with E-state index in [1.54, 1.807) is 6.07 Å². The molecule has 0 bridgehead atoms. The van der Waals surface area contributed by atoms with Gasteiger partial charge >= 0.3 is 0 Å². The molecular weight excluding hydrogens is 222 g/mol. The second kappa shape index (κ2) is 5.58. The van der Waals surface area contributed by atoms with Crippen LogP contribution in [0.2, 0.25) is 0 Å². The van der Waals surface area contributed by atoms with E-state index in [0.717, 1.165) is 36.0 Å². The van der Waals surface area contributed by atoms with Gasteiger partial charge in [-0.1, -0.05) is 49.7 Å². The summed E-state index contributed by atoms with van der Waals surface area (Å²) in [5, 5.41) is 10.0. The maximum atomic E-state index is 10.0. The van der Waals surface area contributed by atoms with Crippen LogP contribution in [0.1, 0.15) is 25.3 Å². The number of hydrogen-bond acceptors (Lipinski definition) is 2. The molecule has 0 aromatic heterocycles. The number of unbranched alkanes of at least 4 members (excludes halogenated alkanes) is 1. The van der Waals surface area contributed by atoms with Gasteiger partial charge < -0.3 is 10.8 Å². The minimum absolute atomic E-state index is 0.249. The van der Waals surface area contributed by atoms with Gasteiger partial charge in [-0.25, -0.2) is 0 Å². The van der Waals surface area contributed by atoms with Crippen LogP contribution in [-0.4, -0.2) is 5.11 Å². The van der Waals surface area contributed by atoms with Crippen molar-refractivity contribution in [2.24, 2.45) is 0 Å². The fourth-order valence-electron chi connectivity index (χ4n) is 2.14. The van der Waals surface area contributed by atoms with Gasteiger partial charge in [0.25, 0.3) is 0 Å². The van der Waals surface area contributed by atoms with Crippen LogP contribution >= 0.6 is 0 Å².